The Balaban J connectivity index is 1.33. The number of rotatable bonds is 5. The van der Waals surface area contributed by atoms with Crippen LogP contribution in [0.4, 0.5) is 5.13 Å². The summed E-state index contributed by atoms with van der Waals surface area (Å²) in [5, 5.41) is 4.23. The SMILES string of the molecule is COc1ccc([C@@H](C)NC(=O)C2CCN(c3nc4ccccc4s3)CC2)cc1. The number of nitrogens with one attached hydrogen (secondary N) is 1. The van der Waals surface area contributed by atoms with Gasteiger partial charge >= 0.3 is 0 Å². The Morgan fingerprint density at radius 3 is 2.57 bits per heavy atom. The van der Waals surface area contributed by atoms with Crippen molar-refractivity contribution in [2.24, 2.45) is 5.92 Å². The first-order valence-electron chi connectivity index (χ1n) is 9.69. The Kier molecular flexibility index (Phi) is 5.48. The monoisotopic (exact) mass is 395 g/mol. The highest BCUT2D eigenvalue weighted by molar-refractivity contribution is 7.22. The van der Waals surface area contributed by atoms with Crippen LogP contribution in [-0.4, -0.2) is 31.1 Å². The van der Waals surface area contributed by atoms with Gasteiger partial charge in [-0.25, -0.2) is 4.98 Å². The van der Waals surface area contributed by atoms with Gasteiger partial charge in [0.15, 0.2) is 5.13 Å². The number of amides is 1. The molecule has 4 rings (SSSR count). The Morgan fingerprint density at radius 1 is 1.18 bits per heavy atom. The number of aromatic nitrogens is 1. The van der Waals surface area contributed by atoms with Crippen LogP contribution in [0.1, 0.15) is 31.4 Å². The Hall–Kier alpha value is -2.60. The number of thiazole rings is 1. The number of fused-ring (bicyclic) bond motifs is 1. The molecule has 2 aromatic carbocycles. The maximum absolute atomic E-state index is 12.7. The molecular weight excluding hydrogens is 370 g/mol. The molecule has 1 aliphatic heterocycles. The van der Waals surface area contributed by atoms with Crippen LogP contribution in [0.15, 0.2) is 48.5 Å². The second kappa shape index (κ2) is 8.19. The van der Waals surface area contributed by atoms with Crippen LogP contribution in [0, 0.1) is 5.92 Å². The largest absolute Gasteiger partial charge is 0.497 e. The van der Waals surface area contributed by atoms with E-state index in [4.69, 9.17) is 9.72 Å². The van der Waals surface area contributed by atoms with Gasteiger partial charge in [-0.1, -0.05) is 35.6 Å². The number of methoxy groups -OCH3 is 1. The second-order valence-electron chi connectivity index (χ2n) is 7.23. The second-order valence-corrected chi connectivity index (χ2v) is 8.24. The molecule has 0 aliphatic carbocycles. The van der Waals surface area contributed by atoms with Crippen molar-refractivity contribution >= 4 is 32.6 Å². The van der Waals surface area contributed by atoms with Crippen molar-refractivity contribution in [1.29, 1.82) is 0 Å². The number of ether oxygens (including phenoxy) is 1. The molecule has 0 radical (unpaired) electrons. The minimum atomic E-state index is -0.0132. The molecule has 1 saturated heterocycles. The van der Waals surface area contributed by atoms with Gasteiger partial charge < -0.3 is 15.0 Å². The summed E-state index contributed by atoms with van der Waals surface area (Å²) < 4.78 is 6.41. The third-order valence-corrected chi connectivity index (χ3v) is 6.49. The lowest BCUT2D eigenvalue weighted by molar-refractivity contribution is -0.126. The van der Waals surface area contributed by atoms with Gasteiger partial charge in [-0.05, 0) is 49.6 Å². The van der Waals surface area contributed by atoms with E-state index in [1.54, 1.807) is 18.4 Å². The van der Waals surface area contributed by atoms with Crippen LogP contribution in [0.3, 0.4) is 0 Å². The predicted molar refractivity (Wildman–Crippen MR) is 114 cm³/mol. The number of piperidine rings is 1. The molecule has 1 aromatic heterocycles. The molecule has 0 bridgehead atoms. The fraction of sp³-hybridized carbons (Fsp3) is 0.364. The van der Waals surface area contributed by atoms with Crippen molar-refractivity contribution in [2.45, 2.75) is 25.8 Å². The van der Waals surface area contributed by atoms with Crippen LogP contribution in [0.25, 0.3) is 10.2 Å². The van der Waals surface area contributed by atoms with Gasteiger partial charge in [0.25, 0.3) is 0 Å². The lowest BCUT2D eigenvalue weighted by Crippen LogP contribution is -2.41. The van der Waals surface area contributed by atoms with E-state index < -0.39 is 0 Å². The summed E-state index contributed by atoms with van der Waals surface area (Å²) in [7, 11) is 1.65. The molecule has 3 aromatic rings. The first kappa shape index (κ1) is 18.7. The maximum Gasteiger partial charge on any atom is 0.223 e. The van der Waals surface area contributed by atoms with Gasteiger partial charge in [-0.2, -0.15) is 0 Å². The van der Waals surface area contributed by atoms with Crippen molar-refractivity contribution in [3.8, 4) is 5.75 Å². The van der Waals surface area contributed by atoms with Gasteiger partial charge in [-0.3, -0.25) is 4.79 Å². The summed E-state index contributed by atoms with van der Waals surface area (Å²) >= 11 is 1.73. The number of hydrogen-bond donors (Lipinski definition) is 1. The smallest absolute Gasteiger partial charge is 0.223 e. The van der Waals surface area contributed by atoms with Gasteiger partial charge in [-0.15, -0.1) is 0 Å². The van der Waals surface area contributed by atoms with Gasteiger partial charge in [0.05, 0.1) is 23.4 Å². The Labute approximate surface area is 169 Å². The van der Waals surface area contributed by atoms with Crippen LogP contribution in [0.2, 0.25) is 0 Å². The van der Waals surface area contributed by atoms with E-state index in [1.165, 1.54) is 4.70 Å². The van der Waals surface area contributed by atoms with Crippen molar-refractivity contribution in [3.05, 3.63) is 54.1 Å². The zero-order chi connectivity index (χ0) is 19.5. The average Bonchev–Trinajstić information content (AvgIpc) is 3.18. The van der Waals surface area contributed by atoms with Gasteiger partial charge in [0.1, 0.15) is 5.75 Å². The molecule has 0 spiro atoms. The van der Waals surface area contributed by atoms with Crippen molar-refractivity contribution in [3.63, 3.8) is 0 Å². The molecule has 2 heterocycles. The molecule has 1 amide bonds. The average molecular weight is 396 g/mol. The molecule has 1 fully saturated rings. The summed E-state index contributed by atoms with van der Waals surface area (Å²) in [6, 6.07) is 16.1. The summed E-state index contributed by atoms with van der Waals surface area (Å²) in [6.07, 6.45) is 1.72. The normalized spacial score (nSPS) is 16.1. The number of carbonyl (C=O) groups is 1. The number of benzene rings is 2. The quantitative estimate of drug-likeness (QED) is 0.696. The van der Waals surface area contributed by atoms with E-state index in [0.29, 0.717) is 0 Å². The molecule has 0 saturated carbocycles. The van der Waals surface area contributed by atoms with E-state index in [9.17, 15) is 4.79 Å². The van der Waals surface area contributed by atoms with E-state index in [1.807, 2.05) is 43.3 Å². The fourth-order valence-electron chi connectivity index (χ4n) is 3.64. The third kappa shape index (κ3) is 3.97. The first-order valence-corrected chi connectivity index (χ1v) is 10.5. The molecular formula is C22H25N3O2S. The highest BCUT2D eigenvalue weighted by Gasteiger charge is 2.27. The third-order valence-electron chi connectivity index (χ3n) is 5.39. The standard InChI is InChI=1S/C22H25N3O2S/c1-15(16-7-9-18(27-2)10-8-16)23-21(26)17-11-13-25(14-12-17)22-24-19-5-3-4-6-20(19)28-22/h3-10,15,17H,11-14H2,1-2H3,(H,23,26)/t15-/m1/s1. The minimum absolute atomic E-state index is 0.0132. The molecule has 1 atom stereocenters. The first-order chi connectivity index (χ1) is 13.6. The van der Waals surface area contributed by atoms with Crippen LogP contribution in [-0.2, 0) is 4.79 Å². The van der Waals surface area contributed by atoms with Crippen LogP contribution < -0.4 is 15.0 Å². The van der Waals surface area contributed by atoms with E-state index in [2.05, 4.69) is 22.3 Å². The van der Waals surface area contributed by atoms with E-state index in [0.717, 1.165) is 47.9 Å². The lowest BCUT2D eigenvalue weighted by atomic mass is 9.95. The number of anilines is 1. The van der Waals surface area contributed by atoms with Crippen LogP contribution in [0.5, 0.6) is 5.75 Å². The number of hydrogen-bond acceptors (Lipinski definition) is 5. The Morgan fingerprint density at radius 2 is 1.89 bits per heavy atom. The summed E-state index contributed by atoms with van der Waals surface area (Å²) in [6.45, 7) is 3.76. The topological polar surface area (TPSA) is 54.5 Å². The summed E-state index contributed by atoms with van der Waals surface area (Å²) in [4.78, 5) is 19.8. The molecule has 0 unspecified atom stereocenters. The molecule has 146 valence electrons. The molecule has 5 nitrogen and oxygen atoms in total. The predicted octanol–water partition coefficient (Wildman–Crippen LogP) is 4.40. The molecule has 1 N–H and O–H groups in total. The highest BCUT2D eigenvalue weighted by Crippen LogP contribution is 2.31. The van der Waals surface area contributed by atoms with E-state index in [-0.39, 0.29) is 17.9 Å². The summed E-state index contributed by atoms with van der Waals surface area (Å²) in [5.41, 5.74) is 2.14. The van der Waals surface area contributed by atoms with Gasteiger partial charge in [0.2, 0.25) is 5.91 Å². The zero-order valence-corrected chi connectivity index (χ0v) is 17.0. The molecule has 28 heavy (non-hydrogen) atoms. The number of para-hydroxylation sites is 1. The lowest BCUT2D eigenvalue weighted by Gasteiger charge is -2.31. The Bertz CT molecular complexity index is 913. The number of carbonyl (C=O) groups excluding carboxylic acids is 1. The van der Waals surface area contributed by atoms with Crippen molar-refractivity contribution in [1.82, 2.24) is 10.3 Å². The van der Waals surface area contributed by atoms with E-state index >= 15 is 0 Å². The highest BCUT2D eigenvalue weighted by atomic mass is 32.1. The van der Waals surface area contributed by atoms with Crippen molar-refractivity contribution in [2.75, 3.05) is 25.1 Å². The fourth-order valence-corrected chi connectivity index (χ4v) is 4.65. The molecule has 1 aliphatic rings. The zero-order valence-electron chi connectivity index (χ0n) is 16.2. The van der Waals surface area contributed by atoms with Gasteiger partial charge in [0, 0.05) is 19.0 Å². The minimum Gasteiger partial charge on any atom is -0.497 e. The molecule has 6 heteroatoms. The maximum atomic E-state index is 12.7. The van der Waals surface area contributed by atoms with Crippen LogP contribution >= 0.6 is 11.3 Å². The van der Waals surface area contributed by atoms with Crippen molar-refractivity contribution < 1.29 is 9.53 Å². The number of nitrogens with zero attached hydrogens (tertiary/aromatic N) is 2. The summed E-state index contributed by atoms with van der Waals surface area (Å²) in [5.74, 6) is 1.03.